The summed E-state index contributed by atoms with van der Waals surface area (Å²) in [7, 11) is 0. The second-order valence-electron chi connectivity index (χ2n) is 7.99. The Balaban J connectivity index is 1.36. The molecule has 0 aliphatic heterocycles. The van der Waals surface area contributed by atoms with Crippen molar-refractivity contribution in [3.05, 3.63) is 92.6 Å². The lowest BCUT2D eigenvalue weighted by atomic mass is 9.93. The molecule has 1 aliphatic carbocycles. The highest BCUT2D eigenvalue weighted by Crippen LogP contribution is 2.33. The molecular formula is C24H24N4OS. The third kappa shape index (κ3) is 3.80. The molecule has 0 amide bonds. The fourth-order valence-electron chi connectivity index (χ4n) is 4.12. The number of thiophene rings is 1. The van der Waals surface area contributed by atoms with Gasteiger partial charge < -0.3 is 5.32 Å². The van der Waals surface area contributed by atoms with Crippen LogP contribution in [-0.2, 0) is 25.9 Å². The number of rotatable bonds is 5. The lowest BCUT2D eigenvalue weighted by Crippen LogP contribution is -2.33. The van der Waals surface area contributed by atoms with E-state index in [1.807, 2.05) is 18.2 Å². The summed E-state index contributed by atoms with van der Waals surface area (Å²) in [4.78, 5) is 24.3. The first-order chi connectivity index (χ1) is 14.7. The van der Waals surface area contributed by atoms with Crippen molar-refractivity contribution in [2.75, 3.05) is 0 Å². The predicted molar refractivity (Wildman–Crippen MR) is 121 cm³/mol. The highest BCUT2D eigenvalue weighted by molar-refractivity contribution is 7.18. The van der Waals surface area contributed by atoms with Crippen LogP contribution in [0.1, 0.15) is 33.7 Å². The van der Waals surface area contributed by atoms with E-state index in [0.29, 0.717) is 12.6 Å². The van der Waals surface area contributed by atoms with Crippen LogP contribution in [-0.4, -0.2) is 20.6 Å². The van der Waals surface area contributed by atoms with Crippen LogP contribution in [0.15, 0.2) is 59.8 Å². The van der Waals surface area contributed by atoms with Gasteiger partial charge in [0.05, 0.1) is 24.0 Å². The van der Waals surface area contributed by atoms with Gasteiger partial charge in [-0.3, -0.25) is 14.3 Å². The summed E-state index contributed by atoms with van der Waals surface area (Å²) >= 11 is 1.68. The van der Waals surface area contributed by atoms with Gasteiger partial charge in [0.1, 0.15) is 4.83 Å². The summed E-state index contributed by atoms with van der Waals surface area (Å²) in [5.41, 5.74) is 4.71. The Morgan fingerprint density at radius 2 is 2.03 bits per heavy atom. The van der Waals surface area contributed by atoms with Crippen molar-refractivity contribution in [3.63, 3.8) is 0 Å². The van der Waals surface area contributed by atoms with Crippen molar-refractivity contribution in [1.82, 2.24) is 19.9 Å². The highest BCUT2D eigenvalue weighted by Gasteiger charge is 2.25. The SMILES string of the molecule is Cc1ccc(CN[C@@H]2CCc3c(sc4ncn(Cc5ccccn5)c(=O)c34)C2)cc1. The fraction of sp³-hybridized carbons (Fsp3) is 0.292. The molecule has 0 unspecified atom stereocenters. The summed E-state index contributed by atoms with van der Waals surface area (Å²) < 4.78 is 1.68. The predicted octanol–water partition coefficient (Wildman–Crippen LogP) is 3.86. The Kier molecular flexibility index (Phi) is 5.19. The van der Waals surface area contributed by atoms with E-state index >= 15 is 0 Å². The average Bonchev–Trinajstić information content (AvgIpc) is 3.14. The van der Waals surface area contributed by atoms with E-state index in [1.165, 1.54) is 21.6 Å². The Bertz CT molecular complexity index is 1230. The number of nitrogens with one attached hydrogen (secondary N) is 1. The molecule has 0 radical (unpaired) electrons. The van der Waals surface area contributed by atoms with E-state index in [-0.39, 0.29) is 5.56 Å². The average molecular weight is 417 g/mol. The van der Waals surface area contributed by atoms with Crippen molar-refractivity contribution in [3.8, 4) is 0 Å². The van der Waals surface area contributed by atoms with Gasteiger partial charge in [0.25, 0.3) is 5.56 Å². The van der Waals surface area contributed by atoms with Crippen LogP contribution in [0.5, 0.6) is 0 Å². The lowest BCUT2D eigenvalue weighted by Gasteiger charge is -2.23. The molecule has 0 bridgehead atoms. The number of aryl methyl sites for hydroxylation is 2. The second kappa shape index (κ2) is 8.13. The first kappa shape index (κ1) is 19.2. The molecule has 1 aliphatic rings. The summed E-state index contributed by atoms with van der Waals surface area (Å²) in [6, 6.07) is 14.9. The van der Waals surface area contributed by atoms with E-state index < -0.39 is 0 Å². The van der Waals surface area contributed by atoms with Crippen molar-refractivity contribution in [1.29, 1.82) is 0 Å². The van der Waals surface area contributed by atoms with E-state index in [9.17, 15) is 4.79 Å². The van der Waals surface area contributed by atoms with E-state index in [0.717, 1.165) is 41.7 Å². The summed E-state index contributed by atoms with van der Waals surface area (Å²) in [5, 5.41) is 4.51. The summed E-state index contributed by atoms with van der Waals surface area (Å²) in [6.45, 7) is 3.44. The Labute approximate surface area is 179 Å². The van der Waals surface area contributed by atoms with E-state index in [2.05, 4.69) is 46.5 Å². The quantitative estimate of drug-likeness (QED) is 0.537. The van der Waals surface area contributed by atoms with Gasteiger partial charge in [-0.15, -0.1) is 11.3 Å². The third-order valence-electron chi connectivity index (χ3n) is 5.81. The molecule has 1 atom stereocenters. The maximum Gasteiger partial charge on any atom is 0.262 e. The zero-order chi connectivity index (χ0) is 20.5. The molecule has 0 fully saturated rings. The maximum absolute atomic E-state index is 13.2. The minimum atomic E-state index is 0.0502. The van der Waals surface area contributed by atoms with Gasteiger partial charge >= 0.3 is 0 Å². The number of aromatic nitrogens is 3. The highest BCUT2D eigenvalue weighted by atomic mass is 32.1. The van der Waals surface area contributed by atoms with Crippen LogP contribution in [0.2, 0.25) is 0 Å². The Hall–Kier alpha value is -2.83. The Morgan fingerprint density at radius 3 is 2.83 bits per heavy atom. The van der Waals surface area contributed by atoms with Gasteiger partial charge in [-0.25, -0.2) is 4.98 Å². The zero-order valence-electron chi connectivity index (χ0n) is 17.0. The molecule has 1 N–H and O–H groups in total. The van der Waals surface area contributed by atoms with Gasteiger partial charge in [-0.2, -0.15) is 0 Å². The number of hydrogen-bond acceptors (Lipinski definition) is 5. The van der Waals surface area contributed by atoms with Crippen molar-refractivity contribution in [2.45, 2.75) is 45.3 Å². The minimum absolute atomic E-state index is 0.0502. The van der Waals surface area contributed by atoms with Gasteiger partial charge in [0.15, 0.2) is 0 Å². The van der Waals surface area contributed by atoms with Crippen molar-refractivity contribution >= 4 is 21.6 Å². The molecule has 3 aromatic heterocycles. The summed E-state index contributed by atoms with van der Waals surface area (Å²) in [5.74, 6) is 0. The smallest absolute Gasteiger partial charge is 0.262 e. The third-order valence-corrected chi connectivity index (χ3v) is 6.97. The van der Waals surface area contributed by atoms with E-state index in [4.69, 9.17) is 0 Å². The molecule has 152 valence electrons. The molecule has 30 heavy (non-hydrogen) atoms. The van der Waals surface area contributed by atoms with Crippen LogP contribution in [0.4, 0.5) is 0 Å². The number of fused-ring (bicyclic) bond motifs is 3. The molecule has 0 saturated carbocycles. The lowest BCUT2D eigenvalue weighted by molar-refractivity contribution is 0.462. The number of hydrogen-bond donors (Lipinski definition) is 1. The maximum atomic E-state index is 13.2. The molecule has 0 spiro atoms. The zero-order valence-corrected chi connectivity index (χ0v) is 17.8. The van der Waals surface area contributed by atoms with Crippen molar-refractivity contribution < 1.29 is 0 Å². The first-order valence-corrected chi connectivity index (χ1v) is 11.2. The van der Waals surface area contributed by atoms with Crippen LogP contribution >= 0.6 is 11.3 Å². The van der Waals surface area contributed by atoms with Crippen LogP contribution in [0.25, 0.3) is 10.2 Å². The van der Waals surface area contributed by atoms with Crippen LogP contribution in [0, 0.1) is 6.92 Å². The Morgan fingerprint density at radius 1 is 1.17 bits per heavy atom. The molecule has 3 heterocycles. The number of nitrogens with zero attached hydrogens (tertiary/aromatic N) is 3. The monoisotopic (exact) mass is 416 g/mol. The topological polar surface area (TPSA) is 59.8 Å². The largest absolute Gasteiger partial charge is 0.310 e. The van der Waals surface area contributed by atoms with Gasteiger partial charge in [0, 0.05) is 23.7 Å². The molecule has 4 aromatic rings. The molecule has 0 saturated heterocycles. The second-order valence-corrected chi connectivity index (χ2v) is 9.07. The van der Waals surface area contributed by atoms with Crippen LogP contribution < -0.4 is 10.9 Å². The molecule has 1 aromatic carbocycles. The normalized spacial score (nSPS) is 16.0. The van der Waals surface area contributed by atoms with Gasteiger partial charge in [-0.1, -0.05) is 35.9 Å². The van der Waals surface area contributed by atoms with Gasteiger partial charge in [-0.05, 0) is 49.4 Å². The van der Waals surface area contributed by atoms with Crippen molar-refractivity contribution in [2.24, 2.45) is 0 Å². The molecule has 5 rings (SSSR count). The minimum Gasteiger partial charge on any atom is -0.310 e. The number of pyridine rings is 1. The molecule has 6 heteroatoms. The van der Waals surface area contributed by atoms with Gasteiger partial charge in [0.2, 0.25) is 0 Å². The van der Waals surface area contributed by atoms with E-state index in [1.54, 1.807) is 28.4 Å². The first-order valence-electron chi connectivity index (χ1n) is 10.4. The molecular weight excluding hydrogens is 392 g/mol. The van der Waals surface area contributed by atoms with Crippen LogP contribution in [0.3, 0.4) is 0 Å². The molecule has 5 nitrogen and oxygen atoms in total. The fourth-order valence-corrected chi connectivity index (χ4v) is 5.38. The standard InChI is InChI=1S/C24H24N4OS/c1-16-5-7-17(8-6-16)13-26-18-9-10-20-21(12-18)30-23-22(20)24(29)28(15-27-23)14-19-4-2-3-11-25-19/h2-8,11,15,18,26H,9-10,12-14H2,1H3/t18-/m1/s1. The summed E-state index contributed by atoms with van der Waals surface area (Å²) in [6.07, 6.45) is 6.34. The number of benzene rings is 1.